The lowest BCUT2D eigenvalue weighted by Crippen LogP contribution is -1.97. The van der Waals surface area contributed by atoms with Crippen molar-refractivity contribution in [2.75, 3.05) is 5.73 Å². The third-order valence-electron chi connectivity index (χ3n) is 2.24. The number of hydrogen-bond donors (Lipinski definition) is 1. The van der Waals surface area contributed by atoms with E-state index in [0.717, 1.165) is 25.0 Å². The highest BCUT2D eigenvalue weighted by atomic mass is 127. The van der Waals surface area contributed by atoms with Crippen LogP contribution in [0.5, 0.6) is 5.75 Å². The summed E-state index contributed by atoms with van der Waals surface area (Å²) >= 11 is 5.66. The third-order valence-corrected chi connectivity index (χ3v) is 3.58. The Labute approximate surface area is 122 Å². The average Bonchev–Trinajstić information content (AvgIpc) is 2.28. The number of hydrogen-bond acceptors (Lipinski definition) is 2. The maximum atomic E-state index is 5.75. The molecule has 0 aromatic heterocycles. The predicted molar refractivity (Wildman–Crippen MR) is 82.0 cm³/mol. The van der Waals surface area contributed by atoms with Crippen molar-refractivity contribution in [3.63, 3.8) is 0 Å². The van der Waals surface area contributed by atoms with Crippen LogP contribution < -0.4 is 10.5 Å². The fourth-order valence-corrected chi connectivity index (χ4v) is 2.56. The molecular formula is C13H11BrINO. The second-order valence-electron chi connectivity index (χ2n) is 3.61. The first-order valence-electron chi connectivity index (χ1n) is 5.07. The van der Waals surface area contributed by atoms with Gasteiger partial charge in [-0.25, -0.2) is 0 Å². The summed E-state index contributed by atoms with van der Waals surface area (Å²) in [7, 11) is 0. The quantitative estimate of drug-likeness (QED) is 0.615. The van der Waals surface area contributed by atoms with Gasteiger partial charge in [-0.15, -0.1) is 0 Å². The Hall–Kier alpha value is -0.750. The molecular weight excluding hydrogens is 393 g/mol. The van der Waals surface area contributed by atoms with Crippen molar-refractivity contribution < 1.29 is 4.74 Å². The minimum absolute atomic E-state index is 0.555. The SMILES string of the molecule is Nc1ccc(OCc2cccc(Br)c2)c(I)c1. The van der Waals surface area contributed by atoms with Gasteiger partial charge in [0, 0.05) is 10.2 Å². The van der Waals surface area contributed by atoms with E-state index in [4.69, 9.17) is 10.5 Å². The molecule has 0 aliphatic heterocycles. The van der Waals surface area contributed by atoms with Crippen molar-refractivity contribution in [2.24, 2.45) is 0 Å². The van der Waals surface area contributed by atoms with E-state index in [1.807, 2.05) is 42.5 Å². The molecule has 0 radical (unpaired) electrons. The van der Waals surface area contributed by atoms with Crippen molar-refractivity contribution in [1.29, 1.82) is 0 Å². The Morgan fingerprint density at radius 3 is 2.71 bits per heavy atom. The Bertz CT molecular complexity index is 531. The molecule has 0 fully saturated rings. The minimum atomic E-state index is 0.555. The molecule has 0 saturated carbocycles. The van der Waals surface area contributed by atoms with Gasteiger partial charge >= 0.3 is 0 Å². The standard InChI is InChI=1S/C13H11BrINO/c14-10-3-1-2-9(6-10)8-17-13-5-4-11(16)7-12(13)15/h1-7H,8,16H2. The lowest BCUT2D eigenvalue weighted by atomic mass is 10.2. The van der Waals surface area contributed by atoms with Crippen LogP contribution in [0.2, 0.25) is 0 Å². The number of anilines is 1. The van der Waals surface area contributed by atoms with Gasteiger partial charge in [-0.3, -0.25) is 0 Å². The summed E-state index contributed by atoms with van der Waals surface area (Å²) in [6, 6.07) is 13.7. The summed E-state index contributed by atoms with van der Waals surface area (Å²) in [6.45, 7) is 0.555. The van der Waals surface area contributed by atoms with Crippen LogP contribution >= 0.6 is 38.5 Å². The summed E-state index contributed by atoms with van der Waals surface area (Å²) in [5.74, 6) is 0.861. The summed E-state index contributed by atoms with van der Waals surface area (Å²) in [5.41, 5.74) is 7.57. The molecule has 2 rings (SSSR count). The van der Waals surface area contributed by atoms with Gasteiger partial charge in [0.25, 0.3) is 0 Å². The lowest BCUT2D eigenvalue weighted by Gasteiger charge is -2.09. The van der Waals surface area contributed by atoms with Crippen LogP contribution in [-0.4, -0.2) is 0 Å². The first kappa shape index (κ1) is 12.7. The van der Waals surface area contributed by atoms with Gasteiger partial charge < -0.3 is 10.5 Å². The minimum Gasteiger partial charge on any atom is -0.488 e. The van der Waals surface area contributed by atoms with E-state index < -0.39 is 0 Å². The molecule has 2 N–H and O–H groups in total. The van der Waals surface area contributed by atoms with E-state index in [1.54, 1.807) is 0 Å². The van der Waals surface area contributed by atoms with E-state index in [9.17, 15) is 0 Å². The predicted octanol–water partition coefficient (Wildman–Crippen LogP) is 4.21. The van der Waals surface area contributed by atoms with Crippen molar-refractivity contribution in [2.45, 2.75) is 6.61 Å². The van der Waals surface area contributed by atoms with Gasteiger partial charge in [0.2, 0.25) is 0 Å². The summed E-state index contributed by atoms with van der Waals surface area (Å²) < 4.78 is 7.84. The Morgan fingerprint density at radius 2 is 2.00 bits per heavy atom. The number of nitrogen functional groups attached to an aromatic ring is 1. The fourth-order valence-electron chi connectivity index (χ4n) is 1.42. The van der Waals surface area contributed by atoms with Crippen LogP contribution in [0.1, 0.15) is 5.56 Å². The number of ether oxygens (including phenoxy) is 1. The van der Waals surface area contributed by atoms with Crippen LogP contribution in [0.15, 0.2) is 46.9 Å². The fraction of sp³-hybridized carbons (Fsp3) is 0.0769. The van der Waals surface area contributed by atoms with E-state index in [2.05, 4.69) is 38.5 Å². The first-order valence-corrected chi connectivity index (χ1v) is 6.94. The van der Waals surface area contributed by atoms with E-state index in [-0.39, 0.29) is 0 Å². The second kappa shape index (κ2) is 5.73. The van der Waals surface area contributed by atoms with Gasteiger partial charge in [-0.2, -0.15) is 0 Å². The molecule has 0 saturated heterocycles. The van der Waals surface area contributed by atoms with Crippen LogP contribution in [-0.2, 0) is 6.61 Å². The highest BCUT2D eigenvalue weighted by Gasteiger charge is 2.02. The molecule has 0 bridgehead atoms. The Morgan fingerprint density at radius 1 is 1.18 bits per heavy atom. The zero-order chi connectivity index (χ0) is 12.3. The number of halogens is 2. The second-order valence-corrected chi connectivity index (χ2v) is 5.69. The molecule has 0 spiro atoms. The normalized spacial score (nSPS) is 10.2. The van der Waals surface area contributed by atoms with E-state index in [0.29, 0.717) is 6.61 Å². The van der Waals surface area contributed by atoms with Gasteiger partial charge in [0.05, 0.1) is 3.57 Å². The largest absolute Gasteiger partial charge is 0.488 e. The molecule has 2 nitrogen and oxygen atoms in total. The zero-order valence-electron chi connectivity index (χ0n) is 8.99. The highest BCUT2D eigenvalue weighted by molar-refractivity contribution is 14.1. The van der Waals surface area contributed by atoms with Gasteiger partial charge in [0.15, 0.2) is 0 Å². The van der Waals surface area contributed by atoms with E-state index >= 15 is 0 Å². The van der Waals surface area contributed by atoms with Gasteiger partial charge in [-0.1, -0.05) is 28.1 Å². The molecule has 0 aliphatic carbocycles. The van der Waals surface area contributed by atoms with Crippen molar-refractivity contribution in [1.82, 2.24) is 0 Å². The van der Waals surface area contributed by atoms with Gasteiger partial charge in [0.1, 0.15) is 12.4 Å². The number of benzene rings is 2. The molecule has 88 valence electrons. The van der Waals surface area contributed by atoms with Crippen LogP contribution in [0.4, 0.5) is 5.69 Å². The lowest BCUT2D eigenvalue weighted by molar-refractivity contribution is 0.304. The summed E-state index contributed by atoms with van der Waals surface area (Å²) in [4.78, 5) is 0. The molecule has 0 heterocycles. The Kier molecular flexibility index (Phi) is 4.28. The molecule has 0 aliphatic rings. The topological polar surface area (TPSA) is 35.2 Å². The maximum Gasteiger partial charge on any atom is 0.133 e. The average molecular weight is 404 g/mol. The third kappa shape index (κ3) is 3.61. The molecule has 0 unspecified atom stereocenters. The van der Waals surface area contributed by atoms with Gasteiger partial charge in [-0.05, 0) is 58.5 Å². The monoisotopic (exact) mass is 403 g/mol. The zero-order valence-corrected chi connectivity index (χ0v) is 12.7. The molecule has 2 aromatic carbocycles. The first-order chi connectivity index (χ1) is 8.15. The number of rotatable bonds is 3. The molecule has 17 heavy (non-hydrogen) atoms. The van der Waals surface area contributed by atoms with Crippen LogP contribution in [0, 0.1) is 3.57 Å². The van der Waals surface area contributed by atoms with Crippen molar-refractivity contribution in [3.8, 4) is 5.75 Å². The van der Waals surface area contributed by atoms with Crippen molar-refractivity contribution >= 4 is 44.2 Å². The summed E-state index contributed by atoms with van der Waals surface area (Å²) in [6.07, 6.45) is 0. The highest BCUT2D eigenvalue weighted by Crippen LogP contribution is 2.24. The van der Waals surface area contributed by atoms with E-state index in [1.165, 1.54) is 0 Å². The molecule has 0 atom stereocenters. The Balaban J connectivity index is 2.07. The molecule has 2 aromatic rings. The van der Waals surface area contributed by atoms with Crippen LogP contribution in [0.25, 0.3) is 0 Å². The molecule has 4 heteroatoms. The van der Waals surface area contributed by atoms with Crippen LogP contribution in [0.3, 0.4) is 0 Å². The number of nitrogens with two attached hydrogens (primary N) is 1. The maximum absolute atomic E-state index is 5.75. The molecule has 0 amide bonds. The summed E-state index contributed by atoms with van der Waals surface area (Å²) in [5, 5.41) is 0. The van der Waals surface area contributed by atoms with Crippen molar-refractivity contribution in [3.05, 3.63) is 56.1 Å². The smallest absolute Gasteiger partial charge is 0.133 e.